The number of nitrogens with zero attached hydrogens (tertiary/aromatic N) is 2. The maximum atomic E-state index is 12.8. The summed E-state index contributed by atoms with van der Waals surface area (Å²) in [7, 11) is 1.29. The van der Waals surface area contributed by atoms with Crippen molar-refractivity contribution in [3.05, 3.63) is 69.3 Å². The van der Waals surface area contributed by atoms with E-state index in [1.807, 2.05) is 18.2 Å². The topological polar surface area (TPSA) is 81.2 Å². The average molecular weight is 446 g/mol. The second kappa shape index (κ2) is 8.41. The van der Waals surface area contributed by atoms with E-state index in [2.05, 4.69) is 31.2 Å². The van der Waals surface area contributed by atoms with E-state index in [1.165, 1.54) is 18.4 Å². The van der Waals surface area contributed by atoms with Crippen LogP contribution in [-0.4, -0.2) is 29.0 Å². The van der Waals surface area contributed by atoms with E-state index >= 15 is 0 Å². The van der Waals surface area contributed by atoms with E-state index in [-0.39, 0.29) is 5.91 Å². The molecule has 0 aliphatic carbocycles. The van der Waals surface area contributed by atoms with Crippen molar-refractivity contribution >= 4 is 39.1 Å². The van der Waals surface area contributed by atoms with Gasteiger partial charge in [-0.25, -0.2) is 9.78 Å². The monoisotopic (exact) mass is 445 g/mol. The molecule has 0 radical (unpaired) electrons. The van der Waals surface area contributed by atoms with Crippen LogP contribution in [-0.2, 0) is 9.53 Å². The number of benzene rings is 1. The number of pyridine rings is 1. The highest BCUT2D eigenvalue weighted by Crippen LogP contribution is 2.27. The molecule has 1 amide bonds. The zero-order chi connectivity index (χ0) is 19.4. The SMILES string of the molecule is COC(=O)C(NC(=O)c1sc(-c2ccccn2)nc1C)c1ccc(Br)cc1. The summed E-state index contributed by atoms with van der Waals surface area (Å²) in [6, 6.07) is 11.7. The summed E-state index contributed by atoms with van der Waals surface area (Å²) < 4.78 is 5.73. The number of esters is 1. The van der Waals surface area contributed by atoms with Gasteiger partial charge in [-0.15, -0.1) is 11.3 Å². The molecule has 0 fully saturated rings. The van der Waals surface area contributed by atoms with E-state index in [4.69, 9.17) is 4.74 Å². The molecule has 1 N–H and O–H groups in total. The molecule has 3 rings (SSSR count). The van der Waals surface area contributed by atoms with Crippen molar-refractivity contribution in [2.45, 2.75) is 13.0 Å². The molecule has 8 heteroatoms. The lowest BCUT2D eigenvalue weighted by molar-refractivity contribution is -0.143. The molecule has 2 heterocycles. The molecule has 0 aliphatic heterocycles. The van der Waals surface area contributed by atoms with Gasteiger partial charge < -0.3 is 10.1 Å². The predicted octanol–water partition coefficient (Wildman–Crippen LogP) is 3.92. The average Bonchev–Trinajstić information content (AvgIpc) is 3.09. The number of carbonyl (C=O) groups excluding carboxylic acids is 2. The lowest BCUT2D eigenvalue weighted by Crippen LogP contribution is -2.34. The highest BCUT2D eigenvalue weighted by Gasteiger charge is 2.26. The molecule has 1 unspecified atom stereocenters. The van der Waals surface area contributed by atoms with Crippen LogP contribution in [0.25, 0.3) is 10.7 Å². The maximum Gasteiger partial charge on any atom is 0.333 e. The molecule has 1 atom stereocenters. The van der Waals surface area contributed by atoms with E-state index in [0.29, 0.717) is 26.8 Å². The first-order valence-corrected chi connectivity index (χ1v) is 9.63. The minimum Gasteiger partial charge on any atom is -0.467 e. The van der Waals surface area contributed by atoms with Gasteiger partial charge in [-0.2, -0.15) is 0 Å². The van der Waals surface area contributed by atoms with Gasteiger partial charge in [0, 0.05) is 10.7 Å². The first-order valence-electron chi connectivity index (χ1n) is 8.02. The van der Waals surface area contributed by atoms with Gasteiger partial charge in [0.25, 0.3) is 5.91 Å². The summed E-state index contributed by atoms with van der Waals surface area (Å²) in [6.45, 7) is 1.75. The number of hydrogen-bond donors (Lipinski definition) is 1. The van der Waals surface area contributed by atoms with Crippen LogP contribution < -0.4 is 5.32 Å². The van der Waals surface area contributed by atoms with Gasteiger partial charge in [-0.3, -0.25) is 9.78 Å². The Morgan fingerprint density at radius 1 is 1.19 bits per heavy atom. The molecule has 1 aromatic carbocycles. The summed E-state index contributed by atoms with van der Waals surface area (Å²) in [5.41, 5.74) is 1.91. The summed E-state index contributed by atoms with van der Waals surface area (Å²) in [6.07, 6.45) is 1.67. The number of hydrogen-bond acceptors (Lipinski definition) is 6. The first kappa shape index (κ1) is 19.2. The molecule has 6 nitrogen and oxygen atoms in total. The van der Waals surface area contributed by atoms with E-state index in [9.17, 15) is 9.59 Å². The lowest BCUT2D eigenvalue weighted by Gasteiger charge is -2.16. The fourth-order valence-corrected chi connectivity index (χ4v) is 3.66. The van der Waals surface area contributed by atoms with Crippen molar-refractivity contribution in [1.82, 2.24) is 15.3 Å². The molecule has 3 aromatic rings. The van der Waals surface area contributed by atoms with Crippen LogP contribution in [0.3, 0.4) is 0 Å². The van der Waals surface area contributed by atoms with Crippen molar-refractivity contribution in [3.63, 3.8) is 0 Å². The van der Waals surface area contributed by atoms with Crippen molar-refractivity contribution in [3.8, 4) is 10.7 Å². The fraction of sp³-hybridized carbons (Fsp3) is 0.158. The van der Waals surface area contributed by atoms with Gasteiger partial charge in [-0.05, 0) is 36.8 Å². The fourth-order valence-electron chi connectivity index (χ4n) is 2.45. The van der Waals surface area contributed by atoms with Crippen LogP contribution in [0.2, 0.25) is 0 Å². The summed E-state index contributed by atoms with van der Waals surface area (Å²) >= 11 is 4.59. The summed E-state index contributed by atoms with van der Waals surface area (Å²) in [5.74, 6) is -0.928. The third kappa shape index (κ3) is 4.40. The van der Waals surface area contributed by atoms with Crippen molar-refractivity contribution in [2.75, 3.05) is 7.11 Å². The third-order valence-corrected chi connectivity index (χ3v) is 5.51. The first-order chi connectivity index (χ1) is 13.0. The molecule has 0 aliphatic rings. The smallest absolute Gasteiger partial charge is 0.333 e. The molecule has 138 valence electrons. The number of halogens is 1. The Morgan fingerprint density at radius 3 is 2.56 bits per heavy atom. The number of rotatable bonds is 5. The van der Waals surface area contributed by atoms with Gasteiger partial charge in [0.05, 0.1) is 18.5 Å². The van der Waals surface area contributed by atoms with Gasteiger partial charge >= 0.3 is 5.97 Å². The molecular weight excluding hydrogens is 430 g/mol. The second-order valence-corrected chi connectivity index (χ2v) is 7.54. The Kier molecular flexibility index (Phi) is 5.98. The normalized spacial score (nSPS) is 11.7. The second-order valence-electron chi connectivity index (χ2n) is 5.63. The van der Waals surface area contributed by atoms with Crippen LogP contribution in [0.4, 0.5) is 0 Å². The number of amides is 1. The minimum absolute atomic E-state index is 0.384. The van der Waals surface area contributed by atoms with E-state index in [1.54, 1.807) is 37.4 Å². The molecule has 0 spiro atoms. The zero-order valence-electron chi connectivity index (χ0n) is 14.6. The molecule has 0 saturated carbocycles. The van der Waals surface area contributed by atoms with Crippen molar-refractivity contribution in [1.29, 1.82) is 0 Å². The Balaban J connectivity index is 1.87. The molecule has 2 aromatic heterocycles. The molecule has 0 bridgehead atoms. The van der Waals surface area contributed by atoms with Crippen LogP contribution in [0.1, 0.15) is 27.0 Å². The number of aromatic nitrogens is 2. The number of ether oxygens (including phenoxy) is 1. The van der Waals surface area contributed by atoms with Crippen molar-refractivity contribution < 1.29 is 14.3 Å². The Morgan fingerprint density at radius 2 is 1.93 bits per heavy atom. The third-order valence-electron chi connectivity index (χ3n) is 3.80. The number of nitrogens with one attached hydrogen (secondary N) is 1. The van der Waals surface area contributed by atoms with E-state index in [0.717, 1.165) is 4.47 Å². The standard InChI is InChI=1S/C19H16BrN3O3S/c1-11-16(27-18(22-11)14-5-3-4-10-21-14)17(24)23-15(19(25)26-2)12-6-8-13(20)9-7-12/h3-10,15H,1-2H3,(H,23,24). The number of carbonyl (C=O) groups is 2. The largest absolute Gasteiger partial charge is 0.467 e. The highest BCUT2D eigenvalue weighted by molar-refractivity contribution is 9.10. The maximum absolute atomic E-state index is 12.8. The number of aryl methyl sites for hydroxylation is 1. The van der Waals surface area contributed by atoms with Gasteiger partial charge in [0.1, 0.15) is 9.88 Å². The van der Waals surface area contributed by atoms with E-state index < -0.39 is 12.0 Å². The quantitative estimate of drug-likeness (QED) is 0.601. The Hall–Kier alpha value is -2.58. The van der Waals surface area contributed by atoms with Crippen molar-refractivity contribution in [2.24, 2.45) is 0 Å². The van der Waals surface area contributed by atoms with Crippen LogP contribution in [0, 0.1) is 6.92 Å². The highest BCUT2D eigenvalue weighted by atomic mass is 79.9. The molecular formula is C19H16BrN3O3S. The van der Waals surface area contributed by atoms with Gasteiger partial charge in [0.15, 0.2) is 6.04 Å². The molecule has 27 heavy (non-hydrogen) atoms. The van der Waals surface area contributed by atoms with Gasteiger partial charge in [0.2, 0.25) is 0 Å². The summed E-state index contributed by atoms with van der Waals surface area (Å²) in [5, 5.41) is 3.40. The summed E-state index contributed by atoms with van der Waals surface area (Å²) in [4.78, 5) is 34.1. The van der Waals surface area contributed by atoms with Gasteiger partial charge in [-0.1, -0.05) is 34.1 Å². The zero-order valence-corrected chi connectivity index (χ0v) is 17.0. The predicted molar refractivity (Wildman–Crippen MR) is 106 cm³/mol. The van der Waals surface area contributed by atoms with Crippen LogP contribution in [0.5, 0.6) is 0 Å². The molecule has 0 saturated heterocycles. The lowest BCUT2D eigenvalue weighted by atomic mass is 10.1. The minimum atomic E-state index is -0.907. The number of thiazole rings is 1. The van der Waals surface area contributed by atoms with Crippen LogP contribution in [0.15, 0.2) is 53.1 Å². The Bertz CT molecular complexity index is 958. The van der Waals surface area contributed by atoms with Crippen LogP contribution >= 0.6 is 27.3 Å². The number of methoxy groups -OCH3 is 1. The Labute approximate surface area is 168 Å².